The summed E-state index contributed by atoms with van der Waals surface area (Å²) in [7, 11) is 2.23. The molecule has 0 bridgehead atoms. The van der Waals surface area contributed by atoms with Crippen molar-refractivity contribution in [3.63, 3.8) is 0 Å². The molecule has 0 amide bonds. The van der Waals surface area contributed by atoms with E-state index in [1.807, 2.05) is 0 Å². The van der Waals surface area contributed by atoms with E-state index >= 15 is 0 Å². The Hall–Kier alpha value is 0.690. The Kier molecular flexibility index (Phi) is 2.37. The second-order valence-electron chi connectivity index (χ2n) is 3.28. The van der Waals surface area contributed by atoms with E-state index in [2.05, 4.69) is 25.8 Å². The van der Waals surface area contributed by atoms with Crippen molar-refractivity contribution in [2.24, 2.45) is 0 Å². The molecule has 0 spiro atoms. The molecule has 2 heteroatoms. The Morgan fingerprint density at radius 2 is 2.11 bits per heavy atom. The van der Waals surface area contributed by atoms with Gasteiger partial charge < -0.3 is 0 Å². The van der Waals surface area contributed by atoms with Crippen molar-refractivity contribution in [3.8, 4) is 0 Å². The molecule has 0 aromatic heterocycles. The molecular formula is C7H15IN-. The molecule has 1 aliphatic rings. The van der Waals surface area contributed by atoms with Gasteiger partial charge in [0.2, 0.25) is 0 Å². The van der Waals surface area contributed by atoms with Crippen LogP contribution in [0.5, 0.6) is 0 Å². The Morgan fingerprint density at radius 1 is 1.44 bits per heavy atom. The molecule has 1 nitrogen and oxygen atoms in total. The minimum atomic E-state index is 0.499. The van der Waals surface area contributed by atoms with Crippen LogP contribution in [0, 0.1) is 0 Å². The second kappa shape index (κ2) is 2.74. The number of hydrogen-bond acceptors (Lipinski definition) is 1. The van der Waals surface area contributed by atoms with E-state index in [0.717, 1.165) is 0 Å². The number of halogens is 1. The summed E-state index contributed by atoms with van der Waals surface area (Å²) in [6.07, 6.45) is 0. The van der Waals surface area contributed by atoms with Crippen LogP contribution in [0.3, 0.4) is 0 Å². The molecule has 0 radical (unpaired) electrons. The first-order valence-corrected chi connectivity index (χ1v) is 5.99. The fourth-order valence-electron chi connectivity index (χ4n) is 1.21. The first-order chi connectivity index (χ1) is 4.10. The van der Waals surface area contributed by atoms with Gasteiger partial charge in [-0.2, -0.15) is 0 Å². The van der Waals surface area contributed by atoms with Crippen LogP contribution in [-0.4, -0.2) is 32.9 Å². The van der Waals surface area contributed by atoms with Crippen molar-refractivity contribution in [1.82, 2.24) is 4.90 Å². The van der Waals surface area contributed by atoms with Gasteiger partial charge in [-0.3, -0.25) is 0 Å². The average Bonchev–Trinajstić information content (AvgIpc) is 1.60. The van der Waals surface area contributed by atoms with Crippen molar-refractivity contribution >= 4 is 0 Å². The molecule has 0 saturated carbocycles. The molecule has 0 unspecified atom stereocenters. The van der Waals surface area contributed by atoms with Crippen molar-refractivity contribution in [2.45, 2.75) is 17.3 Å². The summed E-state index contributed by atoms with van der Waals surface area (Å²) >= 11 is 0.499. The summed E-state index contributed by atoms with van der Waals surface area (Å²) in [6.45, 7) is 7.46. The van der Waals surface area contributed by atoms with Gasteiger partial charge in [0.25, 0.3) is 0 Å². The van der Waals surface area contributed by atoms with Gasteiger partial charge in [-0.05, 0) is 0 Å². The Morgan fingerprint density at radius 3 is 2.44 bits per heavy atom. The van der Waals surface area contributed by atoms with Crippen LogP contribution in [0.15, 0.2) is 0 Å². The summed E-state index contributed by atoms with van der Waals surface area (Å²) in [5, 5.41) is 0. The molecular weight excluding hydrogens is 225 g/mol. The third-order valence-electron chi connectivity index (χ3n) is 1.57. The fourth-order valence-corrected chi connectivity index (χ4v) is 4.55. The predicted molar refractivity (Wildman–Crippen MR) is 36.4 cm³/mol. The predicted octanol–water partition coefficient (Wildman–Crippen LogP) is -2.20. The number of nitrogens with zero attached hydrogens (tertiary/aromatic N) is 1. The molecule has 1 rings (SSSR count). The van der Waals surface area contributed by atoms with Crippen LogP contribution in [0.25, 0.3) is 0 Å². The molecule has 1 heterocycles. The van der Waals surface area contributed by atoms with E-state index in [0.29, 0.717) is 24.6 Å². The number of hydrogen-bond donors (Lipinski definition) is 0. The molecule has 0 atom stereocenters. The zero-order valence-electron chi connectivity index (χ0n) is 6.45. The molecule has 1 aliphatic heterocycles. The summed E-state index contributed by atoms with van der Waals surface area (Å²) in [6, 6.07) is 0. The van der Waals surface area contributed by atoms with Crippen molar-refractivity contribution in [3.05, 3.63) is 0 Å². The third-order valence-corrected chi connectivity index (χ3v) is 5.00. The Labute approximate surface area is 68.1 Å². The molecule has 56 valence electrons. The van der Waals surface area contributed by atoms with Crippen molar-refractivity contribution < 1.29 is 21.2 Å². The molecule has 1 saturated heterocycles. The van der Waals surface area contributed by atoms with E-state index in [1.165, 1.54) is 17.5 Å². The Balaban J connectivity index is 2.41. The molecule has 9 heavy (non-hydrogen) atoms. The van der Waals surface area contributed by atoms with Gasteiger partial charge in [0.1, 0.15) is 0 Å². The van der Waals surface area contributed by atoms with E-state index < -0.39 is 0 Å². The molecule has 0 aromatic carbocycles. The summed E-state index contributed by atoms with van der Waals surface area (Å²) in [5.74, 6) is 0. The van der Waals surface area contributed by atoms with Gasteiger partial charge in [0.15, 0.2) is 0 Å². The van der Waals surface area contributed by atoms with Crippen molar-refractivity contribution in [2.75, 3.05) is 24.6 Å². The maximum atomic E-state index is 2.45. The zero-order valence-corrected chi connectivity index (χ0v) is 8.60. The fraction of sp³-hybridized carbons (Fsp3) is 1.00. The van der Waals surface area contributed by atoms with Gasteiger partial charge in [-0.15, -0.1) is 0 Å². The first kappa shape index (κ1) is 7.79. The molecule has 0 aliphatic carbocycles. The normalized spacial score (nSPS) is 29.2. The molecule has 0 aromatic rings. The van der Waals surface area contributed by atoms with Crippen LogP contribution < -0.4 is 21.2 Å². The third kappa shape index (κ3) is 2.42. The standard InChI is InChI=1S/C7H15IN/c1-7(2)6-9(3)5-4-8-7/h4-6H2,1-3H3/q-1. The summed E-state index contributed by atoms with van der Waals surface area (Å²) in [4.78, 5) is 2.45. The second-order valence-corrected chi connectivity index (χ2v) is 8.04. The van der Waals surface area contributed by atoms with Gasteiger partial charge >= 0.3 is 67.9 Å². The topological polar surface area (TPSA) is 3.24 Å². The molecule has 0 N–H and O–H groups in total. The van der Waals surface area contributed by atoms with Crippen LogP contribution >= 0.6 is 0 Å². The zero-order chi connectivity index (χ0) is 6.91. The quantitative estimate of drug-likeness (QED) is 0.343. The van der Waals surface area contributed by atoms with E-state index in [1.54, 1.807) is 0 Å². The van der Waals surface area contributed by atoms with Gasteiger partial charge in [-0.1, -0.05) is 0 Å². The van der Waals surface area contributed by atoms with E-state index in [4.69, 9.17) is 0 Å². The van der Waals surface area contributed by atoms with E-state index in [-0.39, 0.29) is 0 Å². The summed E-state index contributed by atoms with van der Waals surface area (Å²) in [5.41, 5.74) is 0. The van der Waals surface area contributed by atoms with Crippen LogP contribution in [0.4, 0.5) is 0 Å². The van der Waals surface area contributed by atoms with Crippen LogP contribution in [0.2, 0.25) is 0 Å². The van der Waals surface area contributed by atoms with Crippen LogP contribution in [-0.2, 0) is 0 Å². The first-order valence-electron chi connectivity index (χ1n) is 3.39. The van der Waals surface area contributed by atoms with Gasteiger partial charge in [0, 0.05) is 0 Å². The van der Waals surface area contributed by atoms with Crippen LogP contribution in [0.1, 0.15) is 13.8 Å². The number of alkyl halides is 2. The van der Waals surface area contributed by atoms with Gasteiger partial charge in [0.05, 0.1) is 0 Å². The van der Waals surface area contributed by atoms with Gasteiger partial charge in [-0.25, -0.2) is 0 Å². The average molecular weight is 240 g/mol. The minimum absolute atomic E-state index is 0.499. The maximum absolute atomic E-state index is 2.45. The SMILES string of the molecule is CN1CC[I-]C(C)(C)C1. The van der Waals surface area contributed by atoms with Crippen molar-refractivity contribution in [1.29, 1.82) is 0 Å². The number of rotatable bonds is 0. The summed E-state index contributed by atoms with van der Waals surface area (Å²) < 4.78 is 2.17. The molecule has 1 fully saturated rings. The van der Waals surface area contributed by atoms with E-state index in [9.17, 15) is 0 Å². The Bertz CT molecular complexity index is 101. The monoisotopic (exact) mass is 240 g/mol.